The normalized spacial score (nSPS) is 19.7. The number of hydrogen-bond donors (Lipinski definition) is 1. The van der Waals surface area contributed by atoms with Crippen molar-refractivity contribution in [2.45, 2.75) is 46.1 Å². The van der Waals surface area contributed by atoms with Crippen LogP contribution in [0.25, 0.3) is 0 Å². The van der Waals surface area contributed by atoms with E-state index in [1.165, 1.54) is 24.8 Å². The largest absolute Gasteiger partial charge is 0.341 e. The Hall–Kier alpha value is -1.16. The van der Waals surface area contributed by atoms with Gasteiger partial charge in [-0.05, 0) is 31.7 Å². The first-order valence-electron chi connectivity index (χ1n) is 7.60. The molecule has 1 N–H and O–H groups in total. The molecular weight excluding hydrogens is 236 g/mol. The molecule has 0 aromatic carbocycles. The maximum atomic E-state index is 4.52. The van der Waals surface area contributed by atoms with E-state index >= 15 is 0 Å². The van der Waals surface area contributed by atoms with Gasteiger partial charge in [-0.1, -0.05) is 20.3 Å². The minimum atomic E-state index is 0.809. The second-order valence-electron chi connectivity index (χ2n) is 5.43. The maximum absolute atomic E-state index is 4.52. The Balaban J connectivity index is 1.90. The molecule has 19 heavy (non-hydrogen) atoms. The van der Waals surface area contributed by atoms with Gasteiger partial charge in [0.2, 0.25) is 5.95 Å². The van der Waals surface area contributed by atoms with E-state index in [0.29, 0.717) is 0 Å². The summed E-state index contributed by atoms with van der Waals surface area (Å²) in [5, 5.41) is 3.37. The zero-order valence-corrected chi connectivity index (χ0v) is 12.2. The Morgan fingerprint density at radius 3 is 2.79 bits per heavy atom. The molecule has 1 unspecified atom stereocenters. The molecule has 1 atom stereocenters. The molecule has 0 bridgehead atoms. The van der Waals surface area contributed by atoms with Crippen molar-refractivity contribution in [3.05, 3.63) is 18.0 Å². The fourth-order valence-electron chi connectivity index (χ4n) is 2.59. The molecule has 2 heterocycles. The van der Waals surface area contributed by atoms with E-state index in [1.807, 2.05) is 12.4 Å². The average Bonchev–Trinajstić information content (AvgIpc) is 2.48. The van der Waals surface area contributed by atoms with Gasteiger partial charge in [0, 0.05) is 37.6 Å². The van der Waals surface area contributed by atoms with Crippen LogP contribution < -0.4 is 10.2 Å². The van der Waals surface area contributed by atoms with Gasteiger partial charge < -0.3 is 10.2 Å². The highest BCUT2D eigenvalue weighted by Crippen LogP contribution is 2.22. The number of anilines is 1. The summed E-state index contributed by atoms with van der Waals surface area (Å²) in [5.41, 5.74) is 1.17. The third-order valence-corrected chi connectivity index (χ3v) is 3.83. The zero-order valence-electron chi connectivity index (χ0n) is 12.2. The fourth-order valence-corrected chi connectivity index (χ4v) is 2.59. The van der Waals surface area contributed by atoms with Crippen LogP contribution in [-0.4, -0.2) is 29.6 Å². The molecule has 106 valence electrons. The van der Waals surface area contributed by atoms with Gasteiger partial charge in [-0.25, -0.2) is 9.97 Å². The number of aromatic nitrogens is 2. The van der Waals surface area contributed by atoms with Gasteiger partial charge in [0.1, 0.15) is 0 Å². The van der Waals surface area contributed by atoms with E-state index in [-0.39, 0.29) is 0 Å². The molecule has 0 amide bonds. The van der Waals surface area contributed by atoms with E-state index in [2.05, 4.69) is 34.0 Å². The number of nitrogens with zero attached hydrogens (tertiary/aromatic N) is 3. The van der Waals surface area contributed by atoms with Gasteiger partial charge >= 0.3 is 0 Å². The van der Waals surface area contributed by atoms with Crippen LogP contribution in [-0.2, 0) is 6.54 Å². The van der Waals surface area contributed by atoms with E-state index in [9.17, 15) is 0 Å². The molecule has 4 nitrogen and oxygen atoms in total. The van der Waals surface area contributed by atoms with Crippen molar-refractivity contribution >= 4 is 5.95 Å². The molecule has 1 aliphatic rings. The smallest absolute Gasteiger partial charge is 0.225 e. The molecule has 1 saturated heterocycles. The van der Waals surface area contributed by atoms with Crippen molar-refractivity contribution in [2.24, 2.45) is 5.92 Å². The van der Waals surface area contributed by atoms with Crippen molar-refractivity contribution in [1.82, 2.24) is 15.3 Å². The third kappa shape index (κ3) is 4.16. The summed E-state index contributed by atoms with van der Waals surface area (Å²) in [5.74, 6) is 1.71. The Labute approximate surface area is 116 Å². The number of nitrogens with one attached hydrogen (secondary N) is 1. The first-order valence-corrected chi connectivity index (χ1v) is 7.60. The van der Waals surface area contributed by atoms with Gasteiger partial charge in [-0.3, -0.25) is 0 Å². The molecule has 4 heteroatoms. The van der Waals surface area contributed by atoms with Crippen LogP contribution in [0.5, 0.6) is 0 Å². The minimum absolute atomic E-state index is 0.809. The van der Waals surface area contributed by atoms with Crippen molar-refractivity contribution < 1.29 is 0 Å². The SMILES string of the molecule is CCCNCc1cnc(N2CCCC(CC)C2)nc1. The summed E-state index contributed by atoms with van der Waals surface area (Å²) in [4.78, 5) is 11.4. The molecule has 2 rings (SSSR count). The highest BCUT2D eigenvalue weighted by Gasteiger charge is 2.20. The molecule has 1 aromatic rings. The standard InChI is InChI=1S/C15H26N4/c1-3-7-16-9-14-10-17-15(18-11-14)19-8-5-6-13(4-2)12-19/h10-11,13,16H,3-9,12H2,1-2H3. The molecule has 1 aromatic heterocycles. The second-order valence-corrected chi connectivity index (χ2v) is 5.43. The van der Waals surface area contributed by atoms with E-state index in [1.54, 1.807) is 0 Å². The molecular formula is C15H26N4. The van der Waals surface area contributed by atoms with Crippen LogP contribution >= 0.6 is 0 Å². The van der Waals surface area contributed by atoms with Gasteiger partial charge in [-0.15, -0.1) is 0 Å². The number of hydrogen-bond acceptors (Lipinski definition) is 4. The van der Waals surface area contributed by atoms with E-state index in [0.717, 1.165) is 44.5 Å². The van der Waals surface area contributed by atoms with Gasteiger partial charge in [0.05, 0.1) is 0 Å². The summed E-state index contributed by atoms with van der Waals surface area (Å²) in [6.07, 6.45) is 8.95. The van der Waals surface area contributed by atoms with Gasteiger partial charge in [0.25, 0.3) is 0 Å². The first-order chi connectivity index (χ1) is 9.33. The summed E-state index contributed by atoms with van der Waals surface area (Å²) in [6, 6.07) is 0. The third-order valence-electron chi connectivity index (χ3n) is 3.83. The van der Waals surface area contributed by atoms with Crippen LogP contribution in [0.3, 0.4) is 0 Å². The second kappa shape index (κ2) is 7.43. The van der Waals surface area contributed by atoms with Gasteiger partial charge in [-0.2, -0.15) is 0 Å². The lowest BCUT2D eigenvalue weighted by Gasteiger charge is -2.32. The van der Waals surface area contributed by atoms with Crippen LogP contribution in [0.4, 0.5) is 5.95 Å². The Kier molecular flexibility index (Phi) is 5.58. The predicted octanol–water partition coefficient (Wildman–Crippen LogP) is 2.60. The lowest BCUT2D eigenvalue weighted by atomic mass is 9.96. The van der Waals surface area contributed by atoms with Crippen LogP contribution in [0.1, 0.15) is 45.1 Å². The number of piperidine rings is 1. The Bertz CT molecular complexity index is 363. The van der Waals surface area contributed by atoms with Crippen LogP contribution in [0.15, 0.2) is 12.4 Å². The molecule has 1 aliphatic heterocycles. The lowest BCUT2D eigenvalue weighted by molar-refractivity contribution is 0.401. The van der Waals surface area contributed by atoms with E-state index in [4.69, 9.17) is 0 Å². The first kappa shape index (κ1) is 14.3. The van der Waals surface area contributed by atoms with Crippen LogP contribution in [0, 0.1) is 5.92 Å². The van der Waals surface area contributed by atoms with E-state index < -0.39 is 0 Å². The number of rotatable bonds is 6. The summed E-state index contributed by atoms with van der Waals surface area (Å²) in [7, 11) is 0. The highest BCUT2D eigenvalue weighted by molar-refractivity contribution is 5.30. The summed E-state index contributed by atoms with van der Waals surface area (Å²) < 4.78 is 0. The molecule has 0 aliphatic carbocycles. The zero-order chi connectivity index (χ0) is 13.5. The lowest BCUT2D eigenvalue weighted by Crippen LogP contribution is -2.36. The Morgan fingerprint density at radius 1 is 1.32 bits per heavy atom. The maximum Gasteiger partial charge on any atom is 0.225 e. The average molecular weight is 262 g/mol. The minimum Gasteiger partial charge on any atom is -0.341 e. The molecule has 0 spiro atoms. The summed E-state index contributed by atoms with van der Waals surface area (Å²) in [6.45, 7) is 8.58. The molecule has 1 fully saturated rings. The molecule has 0 saturated carbocycles. The summed E-state index contributed by atoms with van der Waals surface area (Å²) >= 11 is 0. The topological polar surface area (TPSA) is 41.1 Å². The fraction of sp³-hybridized carbons (Fsp3) is 0.733. The quantitative estimate of drug-likeness (QED) is 0.800. The Morgan fingerprint density at radius 2 is 2.11 bits per heavy atom. The highest BCUT2D eigenvalue weighted by atomic mass is 15.2. The van der Waals surface area contributed by atoms with Crippen LogP contribution in [0.2, 0.25) is 0 Å². The monoisotopic (exact) mass is 262 g/mol. The van der Waals surface area contributed by atoms with Crippen molar-refractivity contribution in [3.8, 4) is 0 Å². The van der Waals surface area contributed by atoms with Crippen molar-refractivity contribution in [2.75, 3.05) is 24.5 Å². The predicted molar refractivity (Wildman–Crippen MR) is 79.3 cm³/mol. The molecule has 0 radical (unpaired) electrons. The van der Waals surface area contributed by atoms with Crippen molar-refractivity contribution in [3.63, 3.8) is 0 Å². The van der Waals surface area contributed by atoms with Crippen molar-refractivity contribution in [1.29, 1.82) is 0 Å². The van der Waals surface area contributed by atoms with Gasteiger partial charge in [0.15, 0.2) is 0 Å².